The Bertz CT molecular complexity index is 1410. The molecule has 0 N–H and O–H groups in total. The zero-order chi connectivity index (χ0) is 35.6. The van der Waals surface area contributed by atoms with Crippen LogP contribution in [0.1, 0.15) is 193 Å². The van der Waals surface area contributed by atoms with E-state index in [0.717, 1.165) is 136 Å². The van der Waals surface area contributed by atoms with Gasteiger partial charge in [0.1, 0.15) is 0 Å². The Balaban J connectivity index is 1.86. The summed E-state index contributed by atoms with van der Waals surface area (Å²) < 4.78 is 23.6. The number of carbonyl (C=O) groups excluding carboxylic acids is 4. The molecular formula is C40H56O8Sn. The van der Waals surface area contributed by atoms with Crippen molar-refractivity contribution < 1.29 is 31.5 Å². The van der Waals surface area contributed by atoms with Crippen LogP contribution in [0.5, 0.6) is 0 Å². The zero-order valence-corrected chi connectivity index (χ0v) is 33.5. The van der Waals surface area contributed by atoms with Crippen molar-refractivity contribution >= 4 is 43.9 Å². The maximum absolute atomic E-state index is 14.2. The Morgan fingerprint density at radius 3 is 1.02 bits per heavy atom. The first-order valence-corrected chi connectivity index (χ1v) is 23.6. The summed E-state index contributed by atoms with van der Waals surface area (Å²) in [6.45, 7) is 12.7. The molecule has 8 nitrogen and oxygen atoms in total. The second-order valence-electron chi connectivity index (χ2n) is 13.5. The number of rotatable bonds is 18. The average molecular weight is 784 g/mol. The SMILES string of the molecule is CCCCc1cc2c(c(CCCC)c1CCCC)C(=O)[O][Sn]1([O]C2=O)[O]C(=O)c2cc(CCCC)c(CCCC)c(CCCC)c2C(=O)[O]1. The first kappa shape index (κ1) is 38.9. The topological polar surface area (TPSA) is 105 Å². The summed E-state index contributed by atoms with van der Waals surface area (Å²) in [6.07, 6.45) is 15.4. The standard InChI is InChI=1S/2C20H30O4.Sn/c2*1-4-7-10-14-13-17(19(21)22)18(20(23)24)16(12-9-6-3)15(14)11-8-5-2;/h2*13H,4-12H2,1-3H3,(H,21,22)(H,23,24);/q;;+4/p-4. The Morgan fingerprint density at radius 1 is 0.408 bits per heavy atom. The average Bonchev–Trinajstić information content (AvgIpc) is 3.24. The molecule has 2 aliphatic rings. The number of unbranched alkanes of at least 4 members (excludes halogenated alkanes) is 6. The van der Waals surface area contributed by atoms with Crippen LogP contribution >= 0.6 is 0 Å². The van der Waals surface area contributed by atoms with Crippen molar-refractivity contribution in [3.05, 3.63) is 67.8 Å². The molecule has 0 saturated carbocycles. The number of carbonyl (C=O) groups is 4. The molecule has 0 atom stereocenters. The fraction of sp³-hybridized carbons (Fsp3) is 0.600. The van der Waals surface area contributed by atoms with Crippen molar-refractivity contribution in [1.82, 2.24) is 0 Å². The molecule has 0 aromatic heterocycles. The van der Waals surface area contributed by atoms with Crippen LogP contribution in [0.3, 0.4) is 0 Å². The Kier molecular flexibility index (Phi) is 14.6. The molecule has 0 radical (unpaired) electrons. The van der Waals surface area contributed by atoms with E-state index in [1.165, 1.54) is 0 Å². The summed E-state index contributed by atoms with van der Waals surface area (Å²) in [6, 6.07) is 3.52. The second kappa shape index (κ2) is 18.4. The summed E-state index contributed by atoms with van der Waals surface area (Å²) in [5, 5.41) is 0. The fourth-order valence-corrected chi connectivity index (χ4v) is 11.5. The van der Waals surface area contributed by atoms with E-state index in [4.69, 9.17) is 12.3 Å². The van der Waals surface area contributed by atoms with Gasteiger partial charge in [0.2, 0.25) is 0 Å². The van der Waals surface area contributed by atoms with Crippen LogP contribution in [0.15, 0.2) is 12.1 Å². The number of aryl methyl sites for hydroxylation is 2. The predicted octanol–water partition coefficient (Wildman–Crippen LogP) is 9.53. The van der Waals surface area contributed by atoms with Gasteiger partial charge >= 0.3 is 300 Å². The predicted molar refractivity (Wildman–Crippen MR) is 192 cm³/mol. The third-order valence-electron chi connectivity index (χ3n) is 9.72. The van der Waals surface area contributed by atoms with E-state index in [2.05, 4.69) is 41.5 Å². The van der Waals surface area contributed by atoms with Gasteiger partial charge in [0.15, 0.2) is 0 Å². The van der Waals surface area contributed by atoms with Gasteiger partial charge in [-0.25, -0.2) is 0 Å². The zero-order valence-electron chi connectivity index (χ0n) is 30.6. The minimum atomic E-state index is -6.02. The van der Waals surface area contributed by atoms with E-state index >= 15 is 0 Å². The fourth-order valence-electron chi connectivity index (χ4n) is 7.03. The van der Waals surface area contributed by atoms with Gasteiger partial charge in [0.25, 0.3) is 0 Å². The van der Waals surface area contributed by atoms with Crippen LogP contribution in [0.25, 0.3) is 0 Å². The molecule has 0 aliphatic carbocycles. The molecule has 0 saturated heterocycles. The van der Waals surface area contributed by atoms with Crippen molar-refractivity contribution in [2.24, 2.45) is 0 Å². The summed E-state index contributed by atoms with van der Waals surface area (Å²) in [5.74, 6) is -3.35. The summed E-state index contributed by atoms with van der Waals surface area (Å²) in [5.41, 5.74) is 6.30. The van der Waals surface area contributed by atoms with Gasteiger partial charge in [-0.15, -0.1) is 0 Å². The van der Waals surface area contributed by atoms with Crippen molar-refractivity contribution in [3.8, 4) is 0 Å². The molecule has 0 bridgehead atoms. The van der Waals surface area contributed by atoms with Crippen LogP contribution in [-0.4, -0.2) is 43.9 Å². The molecule has 0 unspecified atom stereocenters. The number of hydrogen-bond acceptors (Lipinski definition) is 8. The van der Waals surface area contributed by atoms with Gasteiger partial charge in [-0.05, 0) is 0 Å². The van der Waals surface area contributed by atoms with E-state index in [9.17, 15) is 19.2 Å². The maximum atomic E-state index is 14.2. The van der Waals surface area contributed by atoms with Crippen molar-refractivity contribution in [2.75, 3.05) is 0 Å². The van der Waals surface area contributed by atoms with Crippen molar-refractivity contribution in [1.29, 1.82) is 0 Å². The quantitative estimate of drug-likeness (QED) is 0.138. The van der Waals surface area contributed by atoms with Gasteiger partial charge in [-0.1, -0.05) is 0 Å². The van der Waals surface area contributed by atoms with Crippen molar-refractivity contribution in [2.45, 2.75) is 157 Å². The van der Waals surface area contributed by atoms with E-state index < -0.39 is 43.9 Å². The number of hydrogen-bond donors (Lipinski definition) is 0. The van der Waals surface area contributed by atoms with E-state index in [-0.39, 0.29) is 22.3 Å². The normalized spacial score (nSPS) is 15.1. The summed E-state index contributed by atoms with van der Waals surface area (Å²) in [4.78, 5) is 56.6. The molecule has 2 heterocycles. The van der Waals surface area contributed by atoms with Crippen molar-refractivity contribution in [3.63, 3.8) is 0 Å². The first-order valence-electron chi connectivity index (χ1n) is 19.0. The van der Waals surface area contributed by atoms with E-state index in [0.29, 0.717) is 12.8 Å². The molecule has 0 amide bonds. The molecular weight excluding hydrogens is 727 g/mol. The number of fused-ring (bicyclic) bond motifs is 2. The molecule has 0 fully saturated rings. The minimum absolute atomic E-state index is 0.0947. The Hall–Kier alpha value is -2.88. The summed E-state index contributed by atoms with van der Waals surface area (Å²) in [7, 11) is 0. The number of benzene rings is 2. The van der Waals surface area contributed by atoms with Crippen LogP contribution in [0.4, 0.5) is 0 Å². The molecule has 268 valence electrons. The van der Waals surface area contributed by atoms with Crippen LogP contribution in [0.2, 0.25) is 0 Å². The van der Waals surface area contributed by atoms with Gasteiger partial charge in [-0.3, -0.25) is 0 Å². The second-order valence-corrected chi connectivity index (χ2v) is 18.7. The Morgan fingerprint density at radius 2 is 0.694 bits per heavy atom. The third kappa shape index (κ3) is 8.89. The molecule has 2 aromatic rings. The van der Waals surface area contributed by atoms with Gasteiger partial charge in [0.05, 0.1) is 0 Å². The molecule has 1 spiro atoms. The first-order chi connectivity index (χ1) is 23.7. The van der Waals surface area contributed by atoms with Gasteiger partial charge < -0.3 is 0 Å². The van der Waals surface area contributed by atoms with Gasteiger partial charge in [-0.2, -0.15) is 0 Å². The molecule has 49 heavy (non-hydrogen) atoms. The third-order valence-corrected chi connectivity index (χ3v) is 14.7. The molecule has 4 rings (SSSR count). The molecule has 2 aromatic carbocycles. The molecule has 2 aliphatic heterocycles. The van der Waals surface area contributed by atoms with Crippen LogP contribution < -0.4 is 0 Å². The summed E-state index contributed by atoms with van der Waals surface area (Å²) >= 11 is -6.02. The van der Waals surface area contributed by atoms with Gasteiger partial charge in [0, 0.05) is 0 Å². The monoisotopic (exact) mass is 784 g/mol. The van der Waals surface area contributed by atoms with Crippen LogP contribution in [0, 0.1) is 0 Å². The van der Waals surface area contributed by atoms with E-state index in [1.54, 1.807) is 12.1 Å². The van der Waals surface area contributed by atoms with E-state index in [1.807, 2.05) is 0 Å². The molecule has 9 heteroatoms. The Labute approximate surface area is 299 Å². The van der Waals surface area contributed by atoms with Crippen LogP contribution in [-0.2, 0) is 50.8 Å².